The van der Waals surface area contributed by atoms with Gasteiger partial charge in [0.25, 0.3) is 5.91 Å². The zero-order valence-electron chi connectivity index (χ0n) is 11.4. The lowest BCUT2D eigenvalue weighted by Gasteiger charge is -2.11. The molecule has 0 atom stereocenters. The summed E-state index contributed by atoms with van der Waals surface area (Å²) in [7, 11) is 0. The minimum Gasteiger partial charge on any atom is -0.484 e. The Labute approximate surface area is 118 Å². The van der Waals surface area contributed by atoms with Gasteiger partial charge in [-0.3, -0.25) is 20.4 Å². The summed E-state index contributed by atoms with van der Waals surface area (Å²) >= 11 is 0. The Morgan fingerprint density at radius 1 is 1.05 bits per heavy atom. The van der Waals surface area contributed by atoms with Gasteiger partial charge in [0.2, 0.25) is 5.91 Å². The van der Waals surface area contributed by atoms with Crippen LogP contribution in [0.1, 0.15) is 32.1 Å². The van der Waals surface area contributed by atoms with Crippen molar-refractivity contribution in [3.8, 4) is 5.75 Å². The minimum atomic E-state index is -0.367. The largest absolute Gasteiger partial charge is 0.484 e. The second-order valence-electron chi connectivity index (χ2n) is 5.05. The van der Waals surface area contributed by atoms with Crippen molar-refractivity contribution in [1.29, 1.82) is 0 Å². The molecule has 0 radical (unpaired) electrons. The normalized spacial score (nSPS) is 14.8. The Hall–Kier alpha value is -2.04. The van der Waals surface area contributed by atoms with Gasteiger partial charge in [0.1, 0.15) is 5.75 Å². The maximum absolute atomic E-state index is 11.6. The van der Waals surface area contributed by atoms with Crippen molar-refractivity contribution in [3.05, 3.63) is 30.3 Å². The molecule has 0 spiro atoms. The highest BCUT2D eigenvalue weighted by Crippen LogP contribution is 2.27. The first kappa shape index (κ1) is 14.4. The topological polar surface area (TPSA) is 67.4 Å². The van der Waals surface area contributed by atoms with Gasteiger partial charge >= 0.3 is 0 Å². The number of carbonyl (C=O) groups excluding carboxylic acids is 2. The molecule has 1 aliphatic carbocycles. The highest BCUT2D eigenvalue weighted by atomic mass is 16.5. The molecule has 1 aromatic carbocycles. The highest BCUT2D eigenvalue weighted by molar-refractivity contribution is 5.82. The lowest BCUT2D eigenvalue weighted by molar-refractivity contribution is -0.130. The molecule has 5 heteroatoms. The van der Waals surface area contributed by atoms with Crippen molar-refractivity contribution in [3.63, 3.8) is 0 Å². The summed E-state index contributed by atoms with van der Waals surface area (Å²) in [5.41, 5.74) is 4.79. The highest BCUT2D eigenvalue weighted by Gasteiger charge is 2.18. The molecule has 0 aliphatic heterocycles. The molecule has 1 saturated carbocycles. The van der Waals surface area contributed by atoms with Crippen molar-refractivity contribution in [2.75, 3.05) is 6.61 Å². The molecule has 0 heterocycles. The SMILES string of the molecule is O=C(COc1ccccc1)NNC(=O)CC1CCCC1. The molecule has 108 valence electrons. The molecule has 2 amide bonds. The van der Waals surface area contributed by atoms with Crippen LogP contribution in [0.25, 0.3) is 0 Å². The van der Waals surface area contributed by atoms with Crippen molar-refractivity contribution in [2.24, 2.45) is 5.92 Å². The van der Waals surface area contributed by atoms with Crippen LogP contribution in [0.3, 0.4) is 0 Å². The number of benzene rings is 1. The quantitative estimate of drug-likeness (QED) is 0.806. The number of nitrogens with one attached hydrogen (secondary N) is 2. The lowest BCUT2D eigenvalue weighted by atomic mass is 10.0. The first-order valence-electron chi connectivity index (χ1n) is 6.99. The molecule has 2 rings (SSSR count). The number of hydrazine groups is 1. The van der Waals surface area contributed by atoms with E-state index in [1.807, 2.05) is 18.2 Å². The van der Waals surface area contributed by atoms with Crippen molar-refractivity contribution >= 4 is 11.8 Å². The van der Waals surface area contributed by atoms with E-state index in [9.17, 15) is 9.59 Å². The van der Waals surface area contributed by atoms with E-state index >= 15 is 0 Å². The van der Waals surface area contributed by atoms with Crippen LogP contribution >= 0.6 is 0 Å². The Kier molecular flexibility index (Phi) is 5.41. The van der Waals surface area contributed by atoms with Crippen LogP contribution in [0.5, 0.6) is 5.75 Å². The standard InChI is InChI=1S/C15H20N2O3/c18-14(10-12-6-4-5-7-12)16-17-15(19)11-20-13-8-2-1-3-9-13/h1-3,8-9,12H,4-7,10-11H2,(H,16,18)(H,17,19). The molecule has 0 aromatic heterocycles. The fourth-order valence-electron chi connectivity index (χ4n) is 2.37. The molecular formula is C15H20N2O3. The van der Waals surface area contributed by atoms with E-state index in [0.29, 0.717) is 18.1 Å². The van der Waals surface area contributed by atoms with Crippen LogP contribution in [-0.2, 0) is 9.59 Å². The van der Waals surface area contributed by atoms with Crippen LogP contribution < -0.4 is 15.6 Å². The van der Waals surface area contributed by atoms with Gasteiger partial charge in [-0.05, 0) is 30.9 Å². The number of ether oxygens (including phenoxy) is 1. The number of rotatable bonds is 5. The van der Waals surface area contributed by atoms with Gasteiger partial charge in [0.15, 0.2) is 6.61 Å². The van der Waals surface area contributed by atoms with E-state index in [0.717, 1.165) is 12.8 Å². The maximum Gasteiger partial charge on any atom is 0.276 e. The Bertz CT molecular complexity index is 442. The Morgan fingerprint density at radius 3 is 2.40 bits per heavy atom. The monoisotopic (exact) mass is 276 g/mol. The van der Waals surface area contributed by atoms with E-state index < -0.39 is 0 Å². The number of amides is 2. The summed E-state index contributed by atoms with van der Waals surface area (Å²) in [6, 6.07) is 9.07. The summed E-state index contributed by atoms with van der Waals surface area (Å²) in [5.74, 6) is 0.589. The minimum absolute atomic E-state index is 0.117. The van der Waals surface area contributed by atoms with Crippen LogP contribution in [-0.4, -0.2) is 18.4 Å². The zero-order valence-corrected chi connectivity index (χ0v) is 11.4. The van der Waals surface area contributed by atoms with Gasteiger partial charge in [0.05, 0.1) is 0 Å². The lowest BCUT2D eigenvalue weighted by Crippen LogP contribution is -2.44. The van der Waals surface area contributed by atoms with Gasteiger partial charge in [-0.1, -0.05) is 31.0 Å². The summed E-state index contributed by atoms with van der Waals surface area (Å²) in [6.45, 7) is -0.117. The summed E-state index contributed by atoms with van der Waals surface area (Å²) in [4.78, 5) is 23.1. The average molecular weight is 276 g/mol. The van der Waals surface area contributed by atoms with E-state index in [4.69, 9.17) is 4.74 Å². The van der Waals surface area contributed by atoms with E-state index in [1.165, 1.54) is 12.8 Å². The average Bonchev–Trinajstić information content (AvgIpc) is 2.97. The van der Waals surface area contributed by atoms with Crippen LogP contribution in [0, 0.1) is 5.92 Å². The second-order valence-corrected chi connectivity index (χ2v) is 5.05. The summed E-state index contributed by atoms with van der Waals surface area (Å²) in [5, 5.41) is 0. The molecule has 0 saturated heterocycles. The van der Waals surface area contributed by atoms with E-state index in [1.54, 1.807) is 12.1 Å². The third-order valence-electron chi connectivity index (χ3n) is 3.40. The molecule has 0 bridgehead atoms. The van der Waals surface area contributed by atoms with Crippen LogP contribution in [0.15, 0.2) is 30.3 Å². The first-order chi connectivity index (χ1) is 9.74. The third-order valence-corrected chi connectivity index (χ3v) is 3.40. The number of carbonyl (C=O) groups is 2. The first-order valence-corrected chi connectivity index (χ1v) is 6.99. The van der Waals surface area contributed by atoms with Gasteiger partial charge < -0.3 is 4.74 Å². The molecule has 1 aromatic rings. The van der Waals surface area contributed by atoms with Crippen LogP contribution in [0.2, 0.25) is 0 Å². The third kappa shape index (κ3) is 4.91. The van der Waals surface area contributed by atoms with Gasteiger partial charge in [-0.15, -0.1) is 0 Å². The number of hydrogen-bond donors (Lipinski definition) is 2. The Balaban J connectivity index is 1.61. The fourth-order valence-corrected chi connectivity index (χ4v) is 2.37. The molecule has 20 heavy (non-hydrogen) atoms. The molecular weight excluding hydrogens is 256 g/mol. The van der Waals surface area contributed by atoms with Crippen molar-refractivity contribution in [2.45, 2.75) is 32.1 Å². The van der Waals surface area contributed by atoms with Crippen LogP contribution in [0.4, 0.5) is 0 Å². The Morgan fingerprint density at radius 2 is 1.70 bits per heavy atom. The predicted molar refractivity (Wildman–Crippen MR) is 74.8 cm³/mol. The molecule has 0 unspecified atom stereocenters. The van der Waals surface area contributed by atoms with Gasteiger partial charge in [-0.25, -0.2) is 0 Å². The second kappa shape index (κ2) is 7.53. The molecule has 2 N–H and O–H groups in total. The number of hydrogen-bond acceptors (Lipinski definition) is 3. The fraction of sp³-hybridized carbons (Fsp3) is 0.467. The molecule has 1 aliphatic rings. The predicted octanol–water partition coefficient (Wildman–Crippen LogP) is 1.79. The van der Waals surface area contributed by atoms with E-state index in [2.05, 4.69) is 10.9 Å². The zero-order chi connectivity index (χ0) is 14.2. The van der Waals surface area contributed by atoms with Gasteiger partial charge in [-0.2, -0.15) is 0 Å². The smallest absolute Gasteiger partial charge is 0.276 e. The molecule has 1 fully saturated rings. The summed E-state index contributed by atoms with van der Waals surface area (Å²) < 4.78 is 5.27. The maximum atomic E-state index is 11.6. The summed E-state index contributed by atoms with van der Waals surface area (Å²) in [6.07, 6.45) is 5.11. The van der Waals surface area contributed by atoms with Crippen molar-refractivity contribution in [1.82, 2.24) is 10.9 Å². The molecule has 5 nitrogen and oxygen atoms in total. The van der Waals surface area contributed by atoms with Gasteiger partial charge in [0, 0.05) is 6.42 Å². The van der Waals surface area contributed by atoms with E-state index in [-0.39, 0.29) is 18.4 Å². The van der Waals surface area contributed by atoms with Crippen molar-refractivity contribution < 1.29 is 14.3 Å². The number of para-hydroxylation sites is 1.